The standard InChI is InChI=1S/C24H36BN/c1-2-7-21(8-3-1)24(26-17-6-18-26)15-13-20(14-16-24)19-25-22-9-4-10-23(25)12-5-11-22/h1-3,7-8,20,22-23H,4-6,9-19H2. The zero-order chi connectivity index (χ0) is 17.4. The molecule has 0 aromatic heterocycles. The maximum Gasteiger partial charge on any atom is 0.146 e. The van der Waals surface area contributed by atoms with Gasteiger partial charge in [0.25, 0.3) is 0 Å². The molecule has 0 N–H and O–H groups in total. The van der Waals surface area contributed by atoms with Crippen LogP contribution in [0.1, 0.15) is 76.2 Å². The molecule has 0 unspecified atom stereocenters. The van der Waals surface area contributed by atoms with Crippen LogP contribution in [0.25, 0.3) is 0 Å². The number of benzene rings is 1. The summed E-state index contributed by atoms with van der Waals surface area (Å²) in [5, 5.41) is 0. The molecule has 3 saturated heterocycles. The summed E-state index contributed by atoms with van der Waals surface area (Å²) in [6, 6.07) is 11.5. The summed E-state index contributed by atoms with van der Waals surface area (Å²) >= 11 is 0. The monoisotopic (exact) mass is 349 g/mol. The maximum absolute atomic E-state index is 2.81. The summed E-state index contributed by atoms with van der Waals surface area (Å²) in [4.78, 5) is 2.81. The van der Waals surface area contributed by atoms with Gasteiger partial charge in [-0.3, -0.25) is 4.90 Å². The van der Waals surface area contributed by atoms with Crippen molar-refractivity contribution in [3.05, 3.63) is 35.9 Å². The average molecular weight is 349 g/mol. The first-order valence-electron chi connectivity index (χ1n) is 11.7. The van der Waals surface area contributed by atoms with Crippen LogP contribution in [0.5, 0.6) is 0 Å². The van der Waals surface area contributed by atoms with Gasteiger partial charge in [0.1, 0.15) is 6.71 Å². The molecule has 140 valence electrons. The Balaban J connectivity index is 1.27. The molecule has 1 saturated carbocycles. The third kappa shape index (κ3) is 3.07. The highest BCUT2D eigenvalue weighted by atomic mass is 15.2. The fraction of sp³-hybridized carbons (Fsp3) is 0.750. The number of nitrogens with zero attached hydrogens (tertiary/aromatic N) is 1. The van der Waals surface area contributed by atoms with Gasteiger partial charge in [0.15, 0.2) is 0 Å². The fourth-order valence-corrected chi connectivity index (χ4v) is 7.26. The SMILES string of the molecule is c1ccc(C2(N3CCC3)CCC(CB3C4CCCC3CCC4)CC2)cc1. The third-order valence-electron chi connectivity index (χ3n) is 8.82. The number of hydrogen-bond donors (Lipinski definition) is 0. The largest absolute Gasteiger partial charge is 0.294 e. The van der Waals surface area contributed by atoms with Gasteiger partial charge >= 0.3 is 0 Å². The molecule has 3 aliphatic heterocycles. The van der Waals surface area contributed by atoms with Crippen LogP contribution in [-0.2, 0) is 5.54 Å². The molecule has 0 amide bonds. The van der Waals surface area contributed by atoms with E-state index in [-0.39, 0.29) is 0 Å². The molecule has 0 radical (unpaired) electrons. The van der Waals surface area contributed by atoms with E-state index in [4.69, 9.17) is 0 Å². The summed E-state index contributed by atoms with van der Waals surface area (Å²) in [6.07, 6.45) is 18.0. The van der Waals surface area contributed by atoms with Crippen molar-refractivity contribution in [2.45, 2.75) is 94.1 Å². The average Bonchev–Trinajstić information content (AvgIpc) is 2.62. The first kappa shape index (κ1) is 17.4. The molecule has 4 aliphatic rings. The normalized spacial score (nSPS) is 38.0. The van der Waals surface area contributed by atoms with Crippen LogP contribution in [0.15, 0.2) is 30.3 Å². The minimum Gasteiger partial charge on any atom is -0.294 e. The van der Waals surface area contributed by atoms with Gasteiger partial charge in [0, 0.05) is 18.6 Å². The highest BCUT2D eigenvalue weighted by Crippen LogP contribution is 2.52. The molecule has 3 heterocycles. The quantitative estimate of drug-likeness (QED) is 0.570. The van der Waals surface area contributed by atoms with Gasteiger partial charge in [-0.1, -0.05) is 86.8 Å². The Morgan fingerprint density at radius 2 is 1.42 bits per heavy atom. The van der Waals surface area contributed by atoms with Crippen molar-refractivity contribution in [3.63, 3.8) is 0 Å². The zero-order valence-electron chi connectivity index (χ0n) is 16.5. The number of hydrogen-bond acceptors (Lipinski definition) is 1. The van der Waals surface area contributed by atoms with Crippen molar-refractivity contribution in [1.29, 1.82) is 0 Å². The van der Waals surface area contributed by atoms with Crippen LogP contribution in [0, 0.1) is 5.92 Å². The summed E-state index contributed by atoms with van der Waals surface area (Å²) in [6.45, 7) is 3.74. The van der Waals surface area contributed by atoms with Gasteiger partial charge in [0.05, 0.1) is 0 Å². The van der Waals surface area contributed by atoms with Crippen LogP contribution < -0.4 is 0 Å². The molecule has 5 rings (SSSR count). The Labute approximate surface area is 161 Å². The Hall–Kier alpha value is -0.755. The van der Waals surface area contributed by atoms with Crippen molar-refractivity contribution < 1.29 is 0 Å². The van der Waals surface area contributed by atoms with Crippen molar-refractivity contribution in [2.75, 3.05) is 13.1 Å². The van der Waals surface area contributed by atoms with Crippen LogP contribution in [0.4, 0.5) is 0 Å². The van der Waals surface area contributed by atoms with E-state index in [0.717, 1.165) is 24.3 Å². The molecular formula is C24H36BN. The van der Waals surface area contributed by atoms with Gasteiger partial charge < -0.3 is 0 Å². The molecule has 4 fully saturated rings. The lowest BCUT2D eigenvalue weighted by Gasteiger charge is -2.53. The second kappa shape index (κ2) is 7.34. The van der Waals surface area contributed by atoms with E-state index in [1.54, 1.807) is 37.6 Å². The Morgan fingerprint density at radius 3 is 1.96 bits per heavy atom. The first-order chi connectivity index (χ1) is 12.9. The number of likely N-dealkylation sites (tertiary alicyclic amines) is 1. The van der Waals surface area contributed by atoms with Crippen LogP contribution >= 0.6 is 0 Å². The predicted molar refractivity (Wildman–Crippen MR) is 112 cm³/mol. The van der Waals surface area contributed by atoms with E-state index in [0.29, 0.717) is 5.54 Å². The Morgan fingerprint density at radius 1 is 0.808 bits per heavy atom. The second-order valence-electron chi connectivity index (χ2n) is 9.96. The van der Waals surface area contributed by atoms with Crippen molar-refractivity contribution >= 4 is 6.71 Å². The van der Waals surface area contributed by atoms with Gasteiger partial charge in [0.2, 0.25) is 0 Å². The molecular weight excluding hydrogens is 313 g/mol. The van der Waals surface area contributed by atoms with E-state index in [1.807, 2.05) is 0 Å². The van der Waals surface area contributed by atoms with Crippen molar-refractivity contribution in [2.24, 2.45) is 5.92 Å². The maximum atomic E-state index is 2.81. The number of rotatable bonds is 4. The minimum absolute atomic E-state index is 0.373. The molecule has 1 aliphatic carbocycles. The van der Waals surface area contributed by atoms with E-state index in [1.165, 1.54) is 58.0 Å². The number of fused-ring (bicyclic) bond motifs is 2. The summed E-state index contributed by atoms with van der Waals surface area (Å²) in [7, 11) is 0. The highest BCUT2D eigenvalue weighted by Gasteiger charge is 2.45. The smallest absolute Gasteiger partial charge is 0.146 e. The first-order valence-corrected chi connectivity index (χ1v) is 11.7. The zero-order valence-corrected chi connectivity index (χ0v) is 16.5. The van der Waals surface area contributed by atoms with E-state index in [9.17, 15) is 0 Å². The molecule has 0 atom stereocenters. The van der Waals surface area contributed by atoms with Gasteiger partial charge in [-0.15, -0.1) is 0 Å². The molecule has 0 spiro atoms. The van der Waals surface area contributed by atoms with Gasteiger partial charge in [-0.05, 0) is 43.6 Å². The Bertz CT molecular complexity index is 565. The predicted octanol–water partition coefficient (Wildman–Crippen LogP) is 6.38. The van der Waals surface area contributed by atoms with Gasteiger partial charge in [-0.25, -0.2) is 0 Å². The molecule has 1 aromatic carbocycles. The van der Waals surface area contributed by atoms with Crippen molar-refractivity contribution in [1.82, 2.24) is 4.90 Å². The highest BCUT2D eigenvalue weighted by molar-refractivity contribution is 6.62. The van der Waals surface area contributed by atoms with E-state index in [2.05, 4.69) is 35.2 Å². The topological polar surface area (TPSA) is 3.24 Å². The molecule has 1 nitrogen and oxygen atoms in total. The van der Waals surface area contributed by atoms with Gasteiger partial charge in [-0.2, -0.15) is 0 Å². The molecule has 2 bridgehead atoms. The van der Waals surface area contributed by atoms with Crippen LogP contribution in [0.2, 0.25) is 18.0 Å². The summed E-state index contributed by atoms with van der Waals surface area (Å²) in [5.41, 5.74) is 1.98. The Kier molecular flexibility index (Phi) is 4.90. The van der Waals surface area contributed by atoms with Crippen LogP contribution in [-0.4, -0.2) is 24.7 Å². The minimum atomic E-state index is 0.373. The molecule has 2 heteroatoms. The van der Waals surface area contributed by atoms with Crippen molar-refractivity contribution in [3.8, 4) is 0 Å². The molecule has 26 heavy (non-hydrogen) atoms. The van der Waals surface area contributed by atoms with E-state index < -0.39 is 0 Å². The second-order valence-corrected chi connectivity index (χ2v) is 9.96. The lowest BCUT2D eigenvalue weighted by Crippen LogP contribution is -2.54. The van der Waals surface area contributed by atoms with E-state index >= 15 is 0 Å². The molecule has 1 aromatic rings. The fourth-order valence-electron chi connectivity index (χ4n) is 7.26. The van der Waals surface area contributed by atoms with Crippen LogP contribution in [0.3, 0.4) is 0 Å². The summed E-state index contributed by atoms with van der Waals surface area (Å²) in [5.74, 6) is 3.21. The lowest BCUT2D eigenvalue weighted by molar-refractivity contribution is -0.0117. The third-order valence-corrected chi connectivity index (χ3v) is 8.82. The summed E-state index contributed by atoms with van der Waals surface area (Å²) < 4.78 is 0. The lowest BCUT2D eigenvalue weighted by atomic mass is 9.25.